The molecule has 0 aromatic carbocycles. The number of carbonyl (C=O) groups excluding carboxylic acids is 12. The highest BCUT2D eigenvalue weighted by atomic mass is 19.1. The molecule has 4 aliphatic heterocycles. The van der Waals surface area contributed by atoms with Gasteiger partial charge in [-0.1, -0.05) is 154 Å². The van der Waals surface area contributed by atoms with Gasteiger partial charge in [-0.3, -0.25) is 67.3 Å². The number of halogens is 1. The fraction of sp³-hybridized carbons (Fsp3) is 0.859. The van der Waals surface area contributed by atoms with Gasteiger partial charge < -0.3 is 52.3 Å². The van der Waals surface area contributed by atoms with E-state index in [2.05, 4.69) is 75.1 Å². The first kappa shape index (κ1) is 83.3. The zero-order chi connectivity index (χ0) is 79.6. The Balaban J connectivity index is 0.000000205. The zero-order valence-corrected chi connectivity index (χ0v) is 68.8. The third-order valence-corrected chi connectivity index (χ3v) is 30.4. The van der Waals surface area contributed by atoms with Crippen molar-refractivity contribution in [2.24, 2.45) is 55.2 Å². The number of hydrogen-bond donors (Lipinski definition) is 8. The smallest absolute Gasteiger partial charge is 0.289 e. The van der Waals surface area contributed by atoms with Crippen LogP contribution in [0.25, 0.3) is 0 Å². The number of Topliss-reactive ketones (excluding diaryl/α,β-unsaturated/α-hetero) is 2. The maximum absolute atomic E-state index is 15.1. The Morgan fingerprint density at radius 3 is 1.17 bits per heavy atom. The van der Waals surface area contributed by atoms with Gasteiger partial charge in [0.1, 0.15) is 42.4 Å². The van der Waals surface area contributed by atoms with Crippen LogP contribution in [-0.2, 0) is 57.5 Å². The molecule has 8 N–H and O–H groups in total. The normalized spacial score (nSPS) is 30.3. The number of carbonyl (C=O) groups is 12. The summed E-state index contributed by atoms with van der Waals surface area (Å²) in [6.07, 6.45) is 24.6. The van der Waals surface area contributed by atoms with E-state index < -0.39 is 112 Å². The number of nitrogens with one attached hydrogen (secondary N) is 8. The number of fused-ring (bicyclic) bond motifs is 2. The van der Waals surface area contributed by atoms with Crippen LogP contribution < -0.4 is 42.5 Å². The quantitative estimate of drug-likeness (QED) is 0.0344. The maximum atomic E-state index is 15.1. The lowest BCUT2D eigenvalue weighted by atomic mass is 9.73. The van der Waals surface area contributed by atoms with Crippen molar-refractivity contribution < 1.29 is 61.9 Å². The minimum Gasteiger partial charge on any atom is -0.347 e. The van der Waals surface area contributed by atoms with E-state index in [1.165, 1.54) is 0 Å². The van der Waals surface area contributed by atoms with Crippen LogP contribution in [0.1, 0.15) is 289 Å². The van der Waals surface area contributed by atoms with Crippen molar-refractivity contribution >= 4 is 70.6 Å². The first-order chi connectivity index (χ1) is 52.0. The lowest BCUT2D eigenvalue weighted by Gasteiger charge is -2.38. The van der Waals surface area contributed by atoms with Gasteiger partial charge in [-0.25, -0.2) is 4.39 Å². The van der Waals surface area contributed by atoms with E-state index in [-0.39, 0.29) is 105 Å². The minimum absolute atomic E-state index is 0.000174. The summed E-state index contributed by atoms with van der Waals surface area (Å²) in [5, 5.41) is 23.9. The van der Waals surface area contributed by atoms with E-state index in [1.807, 2.05) is 62.3 Å². The summed E-state index contributed by atoms with van der Waals surface area (Å²) in [6.45, 7) is 28.5. The molecule has 25 heteroatoms. The maximum Gasteiger partial charge on any atom is 0.289 e. The van der Waals surface area contributed by atoms with Crippen LogP contribution >= 0.6 is 0 Å². The van der Waals surface area contributed by atoms with Gasteiger partial charge in [0, 0.05) is 55.0 Å². The molecular formula is C85H135FN12O12. The molecule has 0 bridgehead atoms. The molecule has 0 radical (unpaired) electrons. The van der Waals surface area contributed by atoms with Crippen LogP contribution in [0.5, 0.6) is 0 Å². The molecule has 9 saturated carbocycles. The van der Waals surface area contributed by atoms with Crippen LogP contribution in [0.3, 0.4) is 0 Å². The Hall–Kier alpha value is -6.11. The Bertz CT molecular complexity index is 3300. The fourth-order valence-electron chi connectivity index (χ4n) is 22.8. The standard InChI is InChI=1S/C43H68N6O6.C42H67FN6O6/c1-7-13-29(33(50)38(54)44-27-17-18-27)45-36(52)31-24-43(41(5,6)42(43)21-12-22-42)25-49(31)39(55)34(40(2,3)4)47-37(53)32(26-14-9-8-10-15-26)46-35(51)30-16-11-23-48(30)28-19-20-28;1-8-14-28(32(50)37(54)44-27-17-18-27)45-35(52)30-22-42(40(6,7)41(42)19-13-20-41)24-49(30)38(55)33(39(3,4)5)47-36(53)31(25-15-11-10-12-16-25)46-34(51)29-21-26(43)23-48(29)9-2/h26-32,34H,7-25H2,1-6H3,(H,44,54)(H,45,52)(H,46,51)(H,47,53);25-31,33H,8-24H2,1-7H3,(H,44,54)(H,45,52)(H,46,51)(H,47,53)/t29-,30-,31-,32-,34+,43+;26-,28+,29+,30+,31+,33-,42-/m01/s1. The van der Waals surface area contributed by atoms with E-state index in [9.17, 15) is 52.3 Å². The third-order valence-electron chi connectivity index (χ3n) is 30.4. The molecule has 13 aliphatic rings. The number of alkyl halides is 1. The van der Waals surface area contributed by atoms with Crippen LogP contribution in [0, 0.1) is 55.2 Å². The van der Waals surface area contributed by atoms with Crippen molar-refractivity contribution in [2.45, 2.75) is 374 Å². The SMILES string of the molecule is CCC[C@H](NC(=O)[C@@H]1C[C@@]2(CN1C(=O)[C@@H](NC(=O)[C@@H](NC(=O)[C@@H]1CCCN1C1CC1)C1CCCCC1)C(C)(C)C)C(C)(C)C21CCC1)C(=O)C(=O)NC1CC1.CCC[C@H](NC(=O)[C@@H]1C[C@@]2(CN1C(=O)[C@@H](NC(=O)[C@@H](NC(=O)[C@@H]1C[C@@H](F)CN1CC)C1CCCCC1)C(C)(C)C)C(C)(C)C21CCC1)C(=O)C(=O)NC1CC1. The highest BCUT2D eigenvalue weighted by Crippen LogP contribution is 2.89. The molecule has 614 valence electrons. The van der Waals surface area contributed by atoms with Crippen LogP contribution in [0.4, 0.5) is 4.39 Å². The minimum atomic E-state index is -1.11. The van der Waals surface area contributed by atoms with Crippen molar-refractivity contribution in [2.75, 3.05) is 32.7 Å². The molecule has 9 aliphatic carbocycles. The molecule has 4 heterocycles. The number of nitrogens with zero attached hydrogens (tertiary/aromatic N) is 4. The molecule has 13 fully saturated rings. The highest BCUT2D eigenvalue weighted by Gasteiger charge is 2.86. The molecule has 110 heavy (non-hydrogen) atoms. The van der Waals surface area contributed by atoms with Gasteiger partial charge in [-0.05, 0) is 186 Å². The molecular weight excluding hydrogens is 1400 g/mol. The molecule has 0 aromatic rings. The van der Waals surface area contributed by atoms with E-state index in [0.29, 0.717) is 64.2 Å². The van der Waals surface area contributed by atoms with Crippen molar-refractivity contribution in [3.63, 3.8) is 0 Å². The van der Waals surface area contributed by atoms with Crippen molar-refractivity contribution in [3.8, 4) is 0 Å². The number of likely N-dealkylation sites (tertiary alicyclic amines) is 4. The molecule has 4 spiro atoms. The van der Waals surface area contributed by atoms with Crippen molar-refractivity contribution in [1.82, 2.24) is 62.1 Å². The van der Waals surface area contributed by atoms with Crippen molar-refractivity contribution in [3.05, 3.63) is 0 Å². The van der Waals surface area contributed by atoms with E-state index in [1.54, 1.807) is 14.7 Å². The first-order valence-corrected chi connectivity index (χ1v) is 43.2. The number of hydrogen-bond acceptors (Lipinski definition) is 14. The Morgan fingerprint density at radius 1 is 0.445 bits per heavy atom. The van der Waals surface area contributed by atoms with Crippen LogP contribution in [0.15, 0.2) is 0 Å². The molecule has 10 amide bonds. The summed E-state index contributed by atoms with van der Waals surface area (Å²) in [7, 11) is 0. The highest BCUT2D eigenvalue weighted by molar-refractivity contribution is 6.39. The lowest BCUT2D eigenvalue weighted by Crippen LogP contribution is -2.62. The monoisotopic (exact) mass is 1540 g/mol. The van der Waals surface area contributed by atoms with Gasteiger partial charge in [-0.15, -0.1) is 0 Å². The second-order valence-electron chi connectivity index (χ2n) is 39.5. The van der Waals surface area contributed by atoms with Gasteiger partial charge in [0.2, 0.25) is 58.8 Å². The van der Waals surface area contributed by atoms with E-state index in [4.69, 9.17) is 0 Å². The van der Waals surface area contributed by atoms with Gasteiger partial charge >= 0.3 is 0 Å². The van der Waals surface area contributed by atoms with E-state index >= 15 is 9.59 Å². The predicted molar refractivity (Wildman–Crippen MR) is 414 cm³/mol. The predicted octanol–water partition coefficient (Wildman–Crippen LogP) is 8.08. The van der Waals surface area contributed by atoms with Crippen LogP contribution in [0.2, 0.25) is 0 Å². The molecule has 0 aromatic heterocycles. The Labute approximate surface area is 653 Å². The molecule has 13 rings (SSSR count). The number of amides is 10. The van der Waals surface area contributed by atoms with Gasteiger partial charge in [0.05, 0.1) is 24.2 Å². The summed E-state index contributed by atoms with van der Waals surface area (Å²) >= 11 is 0. The second kappa shape index (κ2) is 32.3. The average molecular weight is 1540 g/mol. The van der Waals surface area contributed by atoms with E-state index in [0.717, 1.165) is 161 Å². The number of ketones is 2. The lowest BCUT2D eigenvalue weighted by molar-refractivity contribution is -0.145. The van der Waals surface area contributed by atoms with Gasteiger partial charge in [-0.2, -0.15) is 0 Å². The first-order valence-electron chi connectivity index (χ1n) is 43.2. The second-order valence-corrected chi connectivity index (χ2v) is 39.5. The molecule has 24 nitrogen and oxygen atoms in total. The topological polar surface area (TPSA) is 314 Å². The molecule has 4 saturated heterocycles. The molecule has 0 unspecified atom stereocenters. The Morgan fingerprint density at radius 2 is 0.836 bits per heavy atom. The zero-order valence-electron chi connectivity index (χ0n) is 68.8. The largest absolute Gasteiger partial charge is 0.347 e. The summed E-state index contributed by atoms with van der Waals surface area (Å²) < 4.78 is 14.5. The Kier molecular flexibility index (Phi) is 24.5. The van der Waals surface area contributed by atoms with Crippen molar-refractivity contribution in [1.29, 1.82) is 0 Å². The average Bonchev–Trinajstić information content (AvgIpc) is 1.46. The number of likely N-dealkylation sites (N-methyl/N-ethyl adjacent to an activating group) is 1. The van der Waals surface area contributed by atoms with Gasteiger partial charge in [0.25, 0.3) is 11.8 Å². The van der Waals surface area contributed by atoms with Gasteiger partial charge in [0.15, 0.2) is 0 Å². The third kappa shape index (κ3) is 16.0. The fourth-order valence-corrected chi connectivity index (χ4v) is 22.8. The number of rotatable bonds is 28. The summed E-state index contributed by atoms with van der Waals surface area (Å²) in [5.74, 6) is -5.63. The molecule has 13 atom stereocenters. The van der Waals surface area contributed by atoms with Crippen LogP contribution in [-0.4, -0.2) is 208 Å². The summed E-state index contributed by atoms with van der Waals surface area (Å²) in [6, 6.07) is -7.78. The summed E-state index contributed by atoms with van der Waals surface area (Å²) in [5.41, 5.74) is -2.19. The summed E-state index contributed by atoms with van der Waals surface area (Å²) in [4.78, 5) is 176.